The molecule has 2 aromatic heterocycles. The Morgan fingerprint density at radius 3 is 0.797 bits per heavy atom. The van der Waals surface area contributed by atoms with Crippen LogP contribution in [0.25, 0.3) is 99.5 Å². The Hall–Kier alpha value is -10.9. The largest absolute Gasteiger partial charge is 0.311 e. The number of hydrogen-bond donors (Lipinski definition) is 0. The lowest BCUT2D eigenvalue weighted by Gasteiger charge is -2.46. The molecule has 13 aromatic carbocycles. The van der Waals surface area contributed by atoms with Crippen molar-refractivity contribution in [3.05, 3.63) is 306 Å². The number of benzene rings is 13. The molecule has 0 bridgehead atoms. The lowest BCUT2D eigenvalue weighted by Crippen LogP contribution is -2.61. The van der Waals surface area contributed by atoms with Gasteiger partial charge in [-0.05, 0) is 256 Å². The molecule has 0 N–H and O–H groups in total. The smallest absolute Gasteiger partial charge is 0.252 e. The molecule has 4 heterocycles. The molecule has 0 fully saturated rings. The van der Waals surface area contributed by atoms with E-state index >= 15 is 0 Å². The number of aromatic nitrogens is 2. The van der Waals surface area contributed by atoms with Crippen LogP contribution in [-0.2, 0) is 44.9 Å². The lowest BCUT2D eigenvalue weighted by atomic mass is 9.33. The highest BCUT2D eigenvalue weighted by molar-refractivity contribution is 7.00. The normalized spacial score (nSPS) is 13.5. The summed E-state index contributed by atoms with van der Waals surface area (Å²) in [6.45, 7) is 50.1. The monoisotopic (exact) mass is 1540 g/mol. The molecule has 0 saturated heterocycles. The predicted octanol–water partition coefficient (Wildman–Crippen LogP) is 29.8. The fourth-order valence-electron chi connectivity index (χ4n) is 19.9. The molecule has 596 valence electrons. The third kappa shape index (κ3) is 16.1. The second kappa shape index (κ2) is 29.6. The molecule has 4 nitrogen and oxygen atoms in total. The van der Waals surface area contributed by atoms with E-state index in [1.165, 1.54) is 166 Å². The Morgan fingerprint density at radius 1 is 0.220 bits per heavy atom. The van der Waals surface area contributed by atoms with Gasteiger partial charge in [0.05, 0.1) is 33.4 Å². The van der Waals surface area contributed by atoms with Crippen LogP contribution in [0.15, 0.2) is 267 Å². The van der Waals surface area contributed by atoms with Gasteiger partial charge in [0.2, 0.25) is 0 Å². The van der Waals surface area contributed by atoms with Gasteiger partial charge in [-0.1, -0.05) is 327 Å². The molecular formula is C113H121BN4. The summed E-state index contributed by atoms with van der Waals surface area (Å²) in [6, 6.07) is 106. The molecule has 0 unspecified atom stereocenters. The minimum atomic E-state index is -0.231. The van der Waals surface area contributed by atoms with Gasteiger partial charge in [-0.2, -0.15) is 0 Å². The third-order valence-electron chi connectivity index (χ3n) is 23.8. The van der Waals surface area contributed by atoms with Crippen molar-refractivity contribution in [2.24, 2.45) is 37.9 Å². The van der Waals surface area contributed by atoms with Crippen molar-refractivity contribution in [3.8, 4) is 55.9 Å². The third-order valence-corrected chi connectivity index (χ3v) is 23.8. The maximum absolute atomic E-state index is 2.80. The molecule has 0 atom stereocenters. The first-order valence-electron chi connectivity index (χ1n) is 43.5. The zero-order chi connectivity index (χ0) is 83.1. The molecule has 0 amide bonds. The van der Waals surface area contributed by atoms with E-state index in [0.717, 1.165) is 67.7 Å². The van der Waals surface area contributed by atoms with Crippen LogP contribution in [0.2, 0.25) is 0 Å². The highest BCUT2D eigenvalue weighted by Crippen LogP contribution is 2.54. The van der Waals surface area contributed by atoms with Gasteiger partial charge in [-0.3, -0.25) is 0 Å². The average molecular weight is 1550 g/mol. The van der Waals surface area contributed by atoms with E-state index in [4.69, 9.17) is 0 Å². The molecule has 0 radical (unpaired) electrons. The van der Waals surface area contributed by atoms with Crippen LogP contribution in [0, 0.1) is 37.9 Å². The van der Waals surface area contributed by atoms with Gasteiger partial charge in [0.15, 0.2) is 0 Å². The van der Waals surface area contributed by atoms with E-state index in [0.29, 0.717) is 0 Å². The Bertz CT molecular complexity index is 5930. The fraction of sp³-hybridized carbons (Fsp3) is 0.310. The van der Waals surface area contributed by atoms with E-state index in [1.54, 1.807) is 0 Å². The summed E-state index contributed by atoms with van der Waals surface area (Å²) in [5.41, 5.74) is 37.3. The predicted molar refractivity (Wildman–Crippen MR) is 513 cm³/mol. The Morgan fingerprint density at radius 2 is 0.500 bits per heavy atom. The SMILES string of the molecule is CC(C)(C)Cc1cccc(-c2cc(N3c4cc(-n5c6ccccc6c6ccccc65)ccc4B4c5ccc(-n6c7ccccc7c7ccccc76)cc5N(c5cc(-c6cccc(CC(C)(C)C)c6)c(CC(C)(C)C)cc5-c5cccc(CC(C)(C)C)c5)c5cc(CC(C)(C)C)cc3c54)c(-c3cccc(CC(C)(C)C)c3)cc2CC(C)(C)C)c1. The number of para-hydroxylation sites is 4. The summed E-state index contributed by atoms with van der Waals surface area (Å²) in [5.74, 6) is 0. The van der Waals surface area contributed by atoms with Gasteiger partial charge in [0.25, 0.3) is 6.71 Å². The number of hydrogen-bond acceptors (Lipinski definition) is 2. The maximum atomic E-state index is 2.80. The Labute approximate surface area is 705 Å². The van der Waals surface area contributed by atoms with E-state index in [1.807, 2.05) is 0 Å². The molecule has 2 aliphatic heterocycles. The Kier molecular flexibility index (Phi) is 19.9. The van der Waals surface area contributed by atoms with E-state index in [-0.39, 0.29) is 44.6 Å². The zero-order valence-electron chi connectivity index (χ0n) is 74.2. The summed E-state index contributed by atoms with van der Waals surface area (Å²) in [6.07, 6.45) is 6.42. The van der Waals surface area contributed by atoms with Crippen LogP contribution in [0.5, 0.6) is 0 Å². The topological polar surface area (TPSA) is 16.3 Å². The number of fused-ring (bicyclic) bond motifs is 10. The Balaban J connectivity index is 1.06. The maximum Gasteiger partial charge on any atom is 0.252 e. The van der Waals surface area contributed by atoms with E-state index in [2.05, 4.69) is 431 Å². The van der Waals surface area contributed by atoms with Gasteiger partial charge in [0.1, 0.15) is 0 Å². The molecule has 2 aliphatic rings. The average Bonchev–Trinajstić information content (AvgIpc) is 0.729. The summed E-state index contributed by atoms with van der Waals surface area (Å²) >= 11 is 0. The molecule has 15 aromatic rings. The van der Waals surface area contributed by atoms with Crippen LogP contribution in [0.1, 0.15) is 184 Å². The fourth-order valence-corrected chi connectivity index (χ4v) is 19.9. The van der Waals surface area contributed by atoms with Crippen molar-refractivity contribution in [1.29, 1.82) is 0 Å². The minimum Gasteiger partial charge on any atom is -0.311 e. The molecule has 0 aliphatic carbocycles. The van der Waals surface area contributed by atoms with Crippen LogP contribution in [-0.4, -0.2) is 15.8 Å². The first-order valence-corrected chi connectivity index (χ1v) is 43.5. The van der Waals surface area contributed by atoms with Crippen molar-refractivity contribution in [1.82, 2.24) is 9.13 Å². The van der Waals surface area contributed by atoms with Crippen LogP contribution >= 0.6 is 0 Å². The minimum absolute atomic E-state index is 0.0434. The van der Waals surface area contributed by atoms with E-state index in [9.17, 15) is 0 Å². The standard InChI is InChI=1S/C113H121BN4/c1-107(2,3)66-73-34-30-38-78(54-73)90-64-100(92(60-82(90)71-112(16,17)18)80-40-32-36-75(56-80)68-109(7,8)9)117-102-62-84(115-96-46-26-22-42-86(96)87-43-23-27-47-97(87)115)50-52-94(102)114-95-53-51-85(116-98-48-28-24-44-88(98)89-45-25-29-49-99(89)116)63-103(95)118(105-59-77(70-111(13,14)15)58-104(117)106(105)114)101-65-91(79-39-31-35-74(55-79)67-108(4,5)6)83(72-113(19,20)21)61-93(101)81-41-33-37-76(57-81)69-110(10,11)12/h22-65H,66-72H2,1-21H3. The van der Waals surface area contributed by atoms with Crippen LogP contribution < -0.4 is 26.2 Å². The molecule has 118 heavy (non-hydrogen) atoms. The molecular weight excluding hydrogens is 1420 g/mol. The highest BCUT2D eigenvalue weighted by Gasteiger charge is 2.46. The van der Waals surface area contributed by atoms with Crippen LogP contribution in [0.4, 0.5) is 34.1 Å². The first kappa shape index (κ1) is 79.6. The van der Waals surface area contributed by atoms with Gasteiger partial charge in [-0.25, -0.2) is 0 Å². The quantitative estimate of drug-likeness (QED) is 0.0951. The molecule has 17 rings (SSSR count). The first-order chi connectivity index (χ1) is 55.8. The summed E-state index contributed by atoms with van der Waals surface area (Å²) < 4.78 is 5.09. The van der Waals surface area contributed by atoms with Crippen molar-refractivity contribution in [2.45, 2.75) is 190 Å². The van der Waals surface area contributed by atoms with Crippen molar-refractivity contribution >= 4 is 101 Å². The van der Waals surface area contributed by atoms with Crippen molar-refractivity contribution < 1.29 is 0 Å². The van der Waals surface area contributed by atoms with E-state index < -0.39 is 0 Å². The zero-order valence-corrected chi connectivity index (χ0v) is 74.2. The van der Waals surface area contributed by atoms with Gasteiger partial charge in [0, 0.05) is 66.8 Å². The van der Waals surface area contributed by atoms with Gasteiger partial charge < -0.3 is 18.9 Å². The van der Waals surface area contributed by atoms with Crippen LogP contribution in [0.3, 0.4) is 0 Å². The summed E-state index contributed by atoms with van der Waals surface area (Å²) in [5, 5.41) is 4.97. The summed E-state index contributed by atoms with van der Waals surface area (Å²) in [4.78, 5) is 5.60. The van der Waals surface area contributed by atoms with Gasteiger partial charge >= 0.3 is 0 Å². The molecule has 5 heteroatoms. The lowest BCUT2D eigenvalue weighted by molar-refractivity contribution is 0.410. The number of anilines is 6. The van der Waals surface area contributed by atoms with Crippen molar-refractivity contribution in [2.75, 3.05) is 9.80 Å². The van der Waals surface area contributed by atoms with Crippen molar-refractivity contribution in [3.63, 3.8) is 0 Å². The molecule has 0 spiro atoms. The summed E-state index contributed by atoms with van der Waals surface area (Å²) in [7, 11) is 0. The highest BCUT2D eigenvalue weighted by atomic mass is 15.2. The van der Waals surface area contributed by atoms with Gasteiger partial charge in [-0.15, -0.1) is 0 Å². The number of nitrogens with zero attached hydrogens (tertiary/aromatic N) is 4. The molecule has 0 saturated carbocycles. The number of rotatable bonds is 15. The second-order valence-electron chi connectivity index (χ2n) is 43.4. The second-order valence-corrected chi connectivity index (χ2v) is 43.4.